The van der Waals surface area contributed by atoms with Gasteiger partial charge in [-0.2, -0.15) is 0 Å². The molecule has 0 aliphatic heterocycles. The summed E-state index contributed by atoms with van der Waals surface area (Å²) < 4.78 is 0. The molecule has 0 aromatic heterocycles. The van der Waals surface area contributed by atoms with E-state index >= 15 is 0 Å². The summed E-state index contributed by atoms with van der Waals surface area (Å²) >= 11 is 0. The number of hydrogen-bond donors (Lipinski definition) is 1. The number of rotatable bonds is 10. The number of ketones is 1. The molecule has 20 heavy (non-hydrogen) atoms. The van der Waals surface area contributed by atoms with E-state index in [2.05, 4.69) is 13.5 Å². The third-order valence-electron chi connectivity index (χ3n) is 3.52. The van der Waals surface area contributed by atoms with Crippen LogP contribution in [0.5, 0.6) is 5.75 Å². The third-order valence-corrected chi connectivity index (χ3v) is 3.52. The minimum atomic E-state index is 0.0275. The number of Topliss-reactive ketones (excluding diaryl/α,β-unsaturated/α-hetero) is 1. The van der Waals surface area contributed by atoms with Gasteiger partial charge in [-0.3, -0.25) is 4.79 Å². The van der Waals surface area contributed by atoms with Crippen LogP contribution >= 0.6 is 0 Å². The standard InChI is InChI=1S/C18H26O2/c1-3-4-5-10-15(2)11-6-8-13-17(19)16-12-7-9-14-18(16)20/h7,9,12,14,20H,2-6,8,10-11,13H2,1H3. The van der Waals surface area contributed by atoms with Crippen molar-refractivity contribution in [1.82, 2.24) is 0 Å². The number of carbonyl (C=O) groups is 1. The summed E-state index contributed by atoms with van der Waals surface area (Å²) in [4.78, 5) is 11.9. The van der Waals surface area contributed by atoms with E-state index in [4.69, 9.17) is 0 Å². The maximum Gasteiger partial charge on any atom is 0.166 e. The fraction of sp³-hybridized carbons (Fsp3) is 0.500. The van der Waals surface area contributed by atoms with E-state index in [1.165, 1.54) is 24.8 Å². The van der Waals surface area contributed by atoms with Crippen molar-refractivity contribution in [2.45, 2.75) is 58.3 Å². The second kappa shape index (κ2) is 9.35. The second-order valence-electron chi connectivity index (χ2n) is 5.35. The molecule has 0 radical (unpaired) electrons. The van der Waals surface area contributed by atoms with E-state index in [9.17, 15) is 9.90 Å². The topological polar surface area (TPSA) is 37.3 Å². The van der Waals surface area contributed by atoms with Crippen molar-refractivity contribution in [2.24, 2.45) is 0 Å². The molecule has 1 N–H and O–H groups in total. The van der Waals surface area contributed by atoms with Gasteiger partial charge in [0.25, 0.3) is 0 Å². The zero-order valence-electron chi connectivity index (χ0n) is 12.5. The summed E-state index contributed by atoms with van der Waals surface area (Å²) in [7, 11) is 0. The van der Waals surface area contributed by atoms with Gasteiger partial charge in [0, 0.05) is 6.42 Å². The van der Waals surface area contributed by atoms with Crippen molar-refractivity contribution in [3.05, 3.63) is 42.0 Å². The Balaban J connectivity index is 2.20. The molecule has 1 aromatic carbocycles. The van der Waals surface area contributed by atoms with Crippen molar-refractivity contribution < 1.29 is 9.90 Å². The molecule has 0 heterocycles. The van der Waals surface area contributed by atoms with E-state index in [-0.39, 0.29) is 11.5 Å². The molecule has 110 valence electrons. The molecule has 2 heteroatoms. The molecule has 2 nitrogen and oxygen atoms in total. The van der Waals surface area contributed by atoms with Crippen LogP contribution < -0.4 is 0 Å². The molecule has 0 aliphatic rings. The van der Waals surface area contributed by atoms with Gasteiger partial charge in [-0.15, -0.1) is 0 Å². The fourth-order valence-corrected chi connectivity index (χ4v) is 2.25. The third kappa shape index (κ3) is 6.05. The quantitative estimate of drug-likeness (QED) is 0.358. The maximum atomic E-state index is 11.9. The lowest BCUT2D eigenvalue weighted by molar-refractivity contribution is 0.0977. The van der Waals surface area contributed by atoms with Crippen LogP contribution in [0.1, 0.15) is 68.6 Å². The van der Waals surface area contributed by atoms with Crippen molar-refractivity contribution in [1.29, 1.82) is 0 Å². The largest absolute Gasteiger partial charge is 0.507 e. The number of carbonyl (C=O) groups excluding carboxylic acids is 1. The summed E-state index contributed by atoms with van der Waals surface area (Å²) in [5, 5.41) is 9.61. The van der Waals surface area contributed by atoms with Crippen molar-refractivity contribution in [3.8, 4) is 5.75 Å². The van der Waals surface area contributed by atoms with Gasteiger partial charge in [0.05, 0.1) is 5.56 Å². The van der Waals surface area contributed by atoms with E-state index < -0.39 is 0 Å². The molecular weight excluding hydrogens is 248 g/mol. The lowest BCUT2D eigenvalue weighted by atomic mass is 10.00. The number of phenolic OH excluding ortho intramolecular Hbond substituents is 1. The molecule has 0 bridgehead atoms. The highest BCUT2D eigenvalue weighted by Crippen LogP contribution is 2.20. The minimum absolute atomic E-state index is 0.0275. The van der Waals surface area contributed by atoms with E-state index in [1.54, 1.807) is 24.3 Å². The van der Waals surface area contributed by atoms with Gasteiger partial charge < -0.3 is 5.11 Å². The summed E-state index contributed by atoms with van der Waals surface area (Å²) in [5.41, 5.74) is 1.74. The van der Waals surface area contributed by atoms with Gasteiger partial charge in [0.2, 0.25) is 0 Å². The van der Waals surface area contributed by atoms with Gasteiger partial charge in [-0.05, 0) is 44.2 Å². The Morgan fingerprint density at radius 3 is 2.30 bits per heavy atom. The van der Waals surface area contributed by atoms with E-state index in [1.807, 2.05) is 0 Å². The Bertz CT molecular complexity index is 435. The van der Waals surface area contributed by atoms with E-state index in [0.29, 0.717) is 12.0 Å². The smallest absolute Gasteiger partial charge is 0.166 e. The van der Waals surface area contributed by atoms with Crippen molar-refractivity contribution in [2.75, 3.05) is 0 Å². The van der Waals surface area contributed by atoms with Crippen LogP contribution in [0.25, 0.3) is 0 Å². The minimum Gasteiger partial charge on any atom is -0.507 e. The van der Waals surface area contributed by atoms with Gasteiger partial charge in [0.1, 0.15) is 5.75 Å². The van der Waals surface area contributed by atoms with Gasteiger partial charge in [-0.1, -0.05) is 44.1 Å². The van der Waals surface area contributed by atoms with Crippen LogP contribution in [0.2, 0.25) is 0 Å². The molecular formula is C18H26O2. The van der Waals surface area contributed by atoms with Crippen LogP contribution in [0.15, 0.2) is 36.4 Å². The number of hydrogen-bond acceptors (Lipinski definition) is 2. The van der Waals surface area contributed by atoms with Crippen LogP contribution in [0, 0.1) is 0 Å². The van der Waals surface area contributed by atoms with E-state index in [0.717, 1.165) is 25.7 Å². The Morgan fingerprint density at radius 1 is 1.05 bits per heavy atom. The Hall–Kier alpha value is -1.57. The highest BCUT2D eigenvalue weighted by atomic mass is 16.3. The number of allylic oxidation sites excluding steroid dienone is 1. The SMILES string of the molecule is C=C(CCCCC)CCCCC(=O)c1ccccc1O. The summed E-state index contributed by atoms with van der Waals surface area (Å²) in [6, 6.07) is 6.75. The molecule has 1 rings (SSSR count). The first kappa shape index (κ1) is 16.5. The Kier molecular flexibility index (Phi) is 7.71. The number of phenols is 1. The first-order valence-electron chi connectivity index (χ1n) is 7.63. The average Bonchev–Trinajstić information content (AvgIpc) is 2.44. The zero-order chi connectivity index (χ0) is 14.8. The van der Waals surface area contributed by atoms with Crippen molar-refractivity contribution in [3.63, 3.8) is 0 Å². The summed E-state index contributed by atoms with van der Waals surface area (Å²) in [6.07, 6.45) is 8.22. The van der Waals surface area contributed by atoms with Crippen LogP contribution in [-0.4, -0.2) is 10.9 Å². The fourth-order valence-electron chi connectivity index (χ4n) is 2.25. The second-order valence-corrected chi connectivity index (χ2v) is 5.35. The molecule has 0 atom stereocenters. The van der Waals surface area contributed by atoms with Crippen molar-refractivity contribution >= 4 is 5.78 Å². The molecule has 1 aromatic rings. The first-order valence-corrected chi connectivity index (χ1v) is 7.63. The first-order chi connectivity index (χ1) is 9.65. The predicted octanol–water partition coefficient (Wildman–Crippen LogP) is 5.27. The summed E-state index contributed by atoms with van der Waals surface area (Å²) in [6.45, 7) is 6.29. The highest BCUT2D eigenvalue weighted by Gasteiger charge is 2.09. The average molecular weight is 274 g/mol. The van der Waals surface area contributed by atoms with Crippen LogP contribution in [0.4, 0.5) is 0 Å². The Morgan fingerprint density at radius 2 is 1.65 bits per heavy atom. The van der Waals surface area contributed by atoms with Crippen LogP contribution in [0.3, 0.4) is 0 Å². The number of unbranched alkanes of at least 4 members (excludes halogenated alkanes) is 3. The molecule has 0 fully saturated rings. The summed E-state index contributed by atoms with van der Waals surface area (Å²) in [5.74, 6) is 0.112. The number of aromatic hydroxyl groups is 1. The number of benzene rings is 1. The lowest BCUT2D eigenvalue weighted by Gasteiger charge is -2.06. The number of para-hydroxylation sites is 1. The molecule has 0 spiro atoms. The van der Waals surface area contributed by atoms with Crippen LogP contribution in [-0.2, 0) is 0 Å². The molecule has 0 saturated heterocycles. The zero-order valence-corrected chi connectivity index (χ0v) is 12.5. The predicted molar refractivity (Wildman–Crippen MR) is 84.2 cm³/mol. The highest BCUT2D eigenvalue weighted by molar-refractivity contribution is 5.98. The molecule has 0 saturated carbocycles. The molecule has 0 amide bonds. The van der Waals surface area contributed by atoms with Gasteiger partial charge in [0.15, 0.2) is 5.78 Å². The van der Waals surface area contributed by atoms with Gasteiger partial charge >= 0.3 is 0 Å². The molecule has 0 unspecified atom stereocenters. The normalized spacial score (nSPS) is 10.4. The monoisotopic (exact) mass is 274 g/mol. The van der Waals surface area contributed by atoms with Gasteiger partial charge in [-0.25, -0.2) is 0 Å². The lowest BCUT2D eigenvalue weighted by Crippen LogP contribution is -1.99. The maximum absolute atomic E-state index is 11.9. The Labute approximate surface area is 122 Å². The molecule has 0 aliphatic carbocycles.